The number of ether oxygens (including phenoxy) is 1. The molecule has 0 fully saturated rings. The number of carbonyl (C=O) groups is 1. The van der Waals surface area contributed by atoms with Crippen molar-refractivity contribution in [3.8, 4) is 0 Å². The summed E-state index contributed by atoms with van der Waals surface area (Å²) in [5.74, 6) is -0.325. The lowest BCUT2D eigenvalue weighted by Gasteiger charge is -2.14. The molecule has 3 atom stereocenters. The predicted molar refractivity (Wildman–Crippen MR) is 118 cm³/mol. The summed E-state index contributed by atoms with van der Waals surface area (Å²) in [5, 5.41) is 32.2. The second kappa shape index (κ2) is 12.1. The van der Waals surface area contributed by atoms with Crippen molar-refractivity contribution in [1.29, 1.82) is 0 Å². The molecule has 0 aliphatic rings. The molecule has 2 rings (SSSR count). The Morgan fingerprint density at radius 2 is 1.90 bits per heavy atom. The van der Waals surface area contributed by atoms with E-state index in [-0.39, 0.29) is 12.4 Å². The lowest BCUT2D eigenvalue weighted by Crippen LogP contribution is -2.23. The normalized spacial score (nSPS) is 14.9. The zero-order valence-corrected chi connectivity index (χ0v) is 18.0. The second-order valence-electron chi connectivity index (χ2n) is 7.27. The van der Waals surface area contributed by atoms with Crippen molar-refractivity contribution in [3.05, 3.63) is 40.8 Å². The number of hydrogen-bond acceptors (Lipinski definition) is 6. The van der Waals surface area contributed by atoms with Crippen molar-refractivity contribution in [2.75, 3.05) is 7.11 Å². The van der Waals surface area contributed by atoms with Gasteiger partial charge in [0.1, 0.15) is 0 Å². The van der Waals surface area contributed by atoms with Crippen LogP contribution in [0, 0.1) is 0 Å². The van der Waals surface area contributed by atoms with Gasteiger partial charge in [-0.1, -0.05) is 56.5 Å². The zero-order chi connectivity index (χ0) is 21.2. The third-order valence-electron chi connectivity index (χ3n) is 5.01. The summed E-state index contributed by atoms with van der Waals surface area (Å²) in [6.07, 6.45) is 5.65. The van der Waals surface area contributed by atoms with Crippen LogP contribution < -0.4 is 0 Å². The van der Waals surface area contributed by atoms with Crippen molar-refractivity contribution in [2.45, 2.75) is 70.2 Å². The Morgan fingerprint density at radius 1 is 1.14 bits per heavy atom. The summed E-state index contributed by atoms with van der Waals surface area (Å²) in [5.41, 5.74) is 0.899. The van der Waals surface area contributed by atoms with Gasteiger partial charge in [0.05, 0.1) is 25.4 Å². The van der Waals surface area contributed by atoms with Gasteiger partial charge in [0, 0.05) is 21.4 Å². The third-order valence-corrected chi connectivity index (χ3v) is 6.30. The lowest BCUT2D eigenvalue weighted by atomic mass is 10.0. The third kappa shape index (κ3) is 6.93. The van der Waals surface area contributed by atoms with Crippen LogP contribution in [0.5, 0.6) is 0 Å². The maximum absolute atomic E-state index is 11.2. The highest BCUT2D eigenvalue weighted by atomic mass is 32.1. The second-order valence-corrected chi connectivity index (χ2v) is 8.36. The maximum atomic E-state index is 11.2. The Morgan fingerprint density at radius 3 is 2.62 bits per heavy atom. The number of benzene rings is 1. The lowest BCUT2D eigenvalue weighted by molar-refractivity contribution is -0.140. The van der Waals surface area contributed by atoms with Gasteiger partial charge in [-0.3, -0.25) is 4.79 Å². The van der Waals surface area contributed by atoms with E-state index in [9.17, 15) is 20.1 Å². The van der Waals surface area contributed by atoms with Gasteiger partial charge >= 0.3 is 5.97 Å². The van der Waals surface area contributed by atoms with Crippen LogP contribution in [0.3, 0.4) is 0 Å². The largest absolute Gasteiger partial charge is 0.469 e. The first-order valence-corrected chi connectivity index (χ1v) is 11.1. The Hall–Kier alpha value is -1.73. The first kappa shape index (κ1) is 23.5. The average Bonchev–Trinajstić information content (AvgIpc) is 3.10. The van der Waals surface area contributed by atoms with Crippen LogP contribution in [0.2, 0.25) is 0 Å². The van der Waals surface area contributed by atoms with Crippen LogP contribution in [0.1, 0.15) is 68.4 Å². The molecule has 0 radical (unpaired) electrons. The van der Waals surface area contributed by atoms with E-state index in [0.29, 0.717) is 19.3 Å². The van der Waals surface area contributed by atoms with Gasteiger partial charge < -0.3 is 20.1 Å². The molecule has 1 heterocycles. The number of rotatable bonds is 12. The summed E-state index contributed by atoms with van der Waals surface area (Å²) >= 11 is 1.57. The van der Waals surface area contributed by atoms with Gasteiger partial charge in [0.2, 0.25) is 0 Å². The summed E-state index contributed by atoms with van der Waals surface area (Å²) in [7, 11) is 1.33. The molecule has 1 unspecified atom stereocenters. The summed E-state index contributed by atoms with van der Waals surface area (Å²) in [4.78, 5) is 12.1. The minimum absolute atomic E-state index is 0.216. The molecule has 6 heteroatoms. The molecular weight excluding hydrogens is 388 g/mol. The molecule has 2 aromatic rings. The summed E-state index contributed by atoms with van der Waals surface area (Å²) in [6.45, 7) is 2.14. The van der Waals surface area contributed by atoms with E-state index in [2.05, 4.69) is 11.7 Å². The van der Waals surface area contributed by atoms with Gasteiger partial charge in [-0.15, -0.1) is 11.3 Å². The molecular formula is C23H32O5S. The van der Waals surface area contributed by atoms with Crippen molar-refractivity contribution in [1.82, 2.24) is 0 Å². The highest BCUT2D eigenvalue weighted by molar-refractivity contribution is 7.19. The molecule has 1 aromatic heterocycles. The molecule has 0 amide bonds. The minimum atomic E-state index is -1.05. The van der Waals surface area contributed by atoms with E-state index in [1.807, 2.05) is 24.3 Å². The summed E-state index contributed by atoms with van der Waals surface area (Å²) in [6, 6.07) is 7.96. The molecule has 0 aliphatic heterocycles. The molecule has 0 saturated carbocycles. The first-order chi connectivity index (χ1) is 14.0. The average molecular weight is 421 g/mol. The number of carbonyl (C=O) groups excluding carboxylic acids is 1. The highest BCUT2D eigenvalue weighted by Crippen LogP contribution is 2.38. The Labute approximate surface area is 176 Å². The number of unbranched alkanes of at least 4 members (excludes halogenated alkanes) is 2. The van der Waals surface area contributed by atoms with Crippen LogP contribution >= 0.6 is 11.3 Å². The number of aliphatic hydroxyl groups excluding tert-OH is 3. The molecule has 1 aromatic carbocycles. The highest BCUT2D eigenvalue weighted by Gasteiger charge is 2.18. The SMILES string of the molecule is CCCCC[C@H](O)c1sc2ccccc2c1/C=C/[C@@H](O)C(O)CCCC(=O)OC. The van der Waals surface area contributed by atoms with Crippen molar-refractivity contribution in [2.24, 2.45) is 0 Å². The Bertz CT molecular complexity index is 798. The van der Waals surface area contributed by atoms with E-state index in [1.54, 1.807) is 23.5 Å². The van der Waals surface area contributed by atoms with E-state index < -0.39 is 18.3 Å². The molecule has 0 saturated heterocycles. The summed E-state index contributed by atoms with van der Waals surface area (Å²) < 4.78 is 5.67. The molecule has 29 heavy (non-hydrogen) atoms. The van der Waals surface area contributed by atoms with Crippen molar-refractivity contribution in [3.63, 3.8) is 0 Å². The van der Waals surface area contributed by atoms with Gasteiger partial charge in [-0.05, 0) is 30.9 Å². The number of fused-ring (bicyclic) bond motifs is 1. The molecule has 5 nitrogen and oxygen atoms in total. The maximum Gasteiger partial charge on any atom is 0.305 e. The first-order valence-electron chi connectivity index (χ1n) is 10.3. The number of thiophene rings is 1. The van der Waals surface area contributed by atoms with Gasteiger partial charge in [0.25, 0.3) is 0 Å². The standard InChI is InChI=1S/C23H32O5S/c1-3-4-5-10-20(26)23-17(16-9-6-7-12-21(16)29-23)14-15-19(25)18(24)11-8-13-22(27)28-2/h6-7,9,12,14-15,18-20,24-26H,3-5,8,10-11,13H2,1-2H3/b15-14+/t18?,19-,20+/m1/s1. The molecule has 3 N–H and O–H groups in total. The van der Waals surface area contributed by atoms with Gasteiger partial charge in [0.15, 0.2) is 0 Å². The fourth-order valence-electron chi connectivity index (χ4n) is 3.27. The molecule has 160 valence electrons. The fraction of sp³-hybridized carbons (Fsp3) is 0.522. The van der Waals surface area contributed by atoms with Crippen LogP contribution in [-0.2, 0) is 9.53 Å². The van der Waals surface area contributed by atoms with Crippen LogP contribution in [-0.4, -0.2) is 40.6 Å². The fourth-order valence-corrected chi connectivity index (χ4v) is 4.49. The topological polar surface area (TPSA) is 87.0 Å². The van der Waals surface area contributed by atoms with E-state index >= 15 is 0 Å². The molecule has 0 spiro atoms. The number of aliphatic hydroxyl groups is 3. The van der Waals surface area contributed by atoms with E-state index in [0.717, 1.165) is 39.8 Å². The van der Waals surface area contributed by atoms with E-state index in [4.69, 9.17) is 0 Å². The quantitative estimate of drug-likeness (QED) is 0.345. The number of methoxy groups -OCH3 is 1. The zero-order valence-electron chi connectivity index (χ0n) is 17.2. The Kier molecular flexibility index (Phi) is 9.81. The predicted octanol–water partition coefficient (Wildman–Crippen LogP) is 4.59. The Balaban J connectivity index is 2.12. The van der Waals surface area contributed by atoms with Gasteiger partial charge in [-0.2, -0.15) is 0 Å². The van der Waals surface area contributed by atoms with Crippen LogP contribution in [0.4, 0.5) is 0 Å². The number of esters is 1. The minimum Gasteiger partial charge on any atom is -0.469 e. The molecule has 0 aliphatic carbocycles. The van der Waals surface area contributed by atoms with Crippen LogP contribution in [0.25, 0.3) is 16.2 Å². The molecule has 0 bridgehead atoms. The van der Waals surface area contributed by atoms with Crippen LogP contribution in [0.15, 0.2) is 30.3 Å². The van der Waals surface area contributed by atoms with Crippen molar-refractivity contribution >= 4 is 33.5 Å². The smallest absolute Gasteiger partial charge is 0.305 e. The van der Waals surface area contributed by atoms with E-state index in [1.165, 1.54) is 7.11 Å². The number of hydrogen-bond donors (Lipinski definition) is 3. The van der Waals surface area contributed by atoms with Gasteiger partial charge in [-0.25, -0.2) is 0 Å². The monoisotopic (exact) mass is 420 g/mol. The van der Waals surface area contributed by atoms with Crippen molar-refractivity contribution < 1.29 is 24.9 Å².